The molecule has 0 radical (unpaired) electrons. The molecule has 0 bridgehead atoms. The molecular weight excluding hydrogens is 288 g/mol. The van der Waals surface area contributed by atoms with Gasteiger partial charge in [0.15, 0.2) is 0 Å². The zero-order valence-corrected chi connectivity index (χ0v) is 13.0. The fourth-order valence-electron chi connectivity index (χ4n) is 2.79. The van der Waals surface area contributed by atoms with Crippen LogP contribution < -0.4 is 10.6 Å². The van der Waals surface area contributed by atoms with Crippen LogP contribution in [-0.4, -0.2) is 44.5 Å². The zero-order valence-electron chi connectivity index (χ0n) is 13.0. The standard InChI is InChI=1S/C16H23F2N3O/c1-21(2)14(15-12(17)6-3-7-13(15)18)10-20-16(22)11-5-4-8-19-9-11/h3,6-7,11,14,19H,4-5,8-10H2,1-2H3,(H,20,22). The number of likely N-dealkylation sites (N-methyl/N-ethyl adjacent to an activating group) is 1. The minimum atomic E-state index is -0.590. The van der Waals surface area contributed by atoms with Gasteiger partial charge in [-0.3, -0.25) is 4.79 Å². The molecule has 2 rings (SSSR count). The maximum Gasteiger partial charge on any atom is 0.224 e. The first-order valence-corrected chi connectivity index (χ1v) is 7.59. The van der Waals surface area contributed by atoms with Crippen molar-refractivity contribution in [3.05, 3.63) is 35.4 Å². The van der Waals surface area contributed by atoms with Gasteiger partial charge in [0, 0.05) is 18.7 Å². The molecule has 22 heavy (non-hydrogen) atoms. The van der Waals surface area contributed by atoms with Crippen LogP contribution in [0, 0.1) is 17.6 Å². The van der Waals surface area contributed by atoms with Crippen LogP contribution in [0.25, 0.3) is 0 Å². The molecule has 1 aromatic rings. The van der Waals surface area contributed by atoms with Crippen LogP contribution in [0.3, 0.4) is 0 Å². The lowest BCUT2D eigenvalue weighted by Gasteiger charge is -2.28. The molecular formula is C16H23F2N3O. The summed E-state index contributed by atoms with van der Waals surface area (Å²) in [6.45, 7) is 1.78. The van der Waals surface area contributed by atoms with Crippen LogP contribution in [0.2, 0.25) is 0 Å². The fraction of sp³-hybridized carbons (Fsp3) is 0.562. The summed E-state index contributed by atoms with van der Waals surface area (Å²) in [5.74, 6) is -1.31. The first-order valence-electron chi connectivity index (χ1n) is 7.59. The molecule has 0 saturated carbocycles. The van der Waals surface area contributed by atoms with Gasteiger partial charge in [0.05, 0.1) is 12.0 Å². The first-order chi connectivity index (χ1) is 10.5. The second-order valence-electron chi connectivity index (χ2n) is 5.90. The summed E-state index contributed by atoms with van der Waals surface area (Å²) in [6.07, 6.45) is 1.82. The van der Waals surface area contributed by atoms with Crippen LogP contribution in [0.1, 0.15) is 24.4 Å². The van der Waals surface area contributed by atoms with Crippen molar-refractivity contribution in [2.24, 2.45) is 5.92 Å². The van der Waals surface area contributed by atoms with Crippen LogP contribution in [0.5, 0.6) is 0 Å². The molecule has 4 nitrogen and oxygen atoms in total. The highest BCUT2D eigenvalue weighted by Gasteiger charge is 2.25. The average molecular weight is 311 g/mol. The lowest BCUT2D eigenvalue weighted by molar-refractivity contribution is -0.125. The molecule has 2 atom stereocenters. The highest BCUT2D eigenvalue weighted by Crippen LogP contribution is 2.24. The van der Waals surface area contributed by atoms with Gasteiger partial charge in [-0.25, -0.2) is 8.78 Å². The topological polar surface area (TPSA) is 44.4 Å². The number of benzene rings is 1. The predicted octanol–water partition coefficient (Wildman–Crippen LogP) is 1.68. The predicted molar refractivity (Wildman–Crippen MR) is 81.4 cm³/mol. The summed E-state index contributed by atoms with van der Waals surface area (Å²) in [7, 11) is 3.48. The van der Waals surface area contributed by atoms with Crippen molar-refractivity contribution in [2.45, 2.75) is 18.9 Å². The number of rotatable bonds is 5. The molecule has 1 aliphatic rings. The van der Waals surface area contributed by atoms with Crippen LogP contribution >= 0.6 is 0 Å². The summed E-state index contributed by atoms with van der Waals surface area (Å²) < 4.78 is 27.9. The van der Waals surface area contributed by atoms with Crippen molar-refractivity contribution in [3.8, 4) is 0 Å². The highest BCUT2D eigenvalue weighted by molar-refractivity contribution is 5.79. The minimum Gasteiger partial charge on any atom is -0.354 e. The third-order valence-corrected chi connectivity index (χ3v) is 4.09. The molecule has 1 amide bonds. The number of piperidine rings is 1. The Kier molecular flexibility index (Phi) is 5.85. The quantitative estimate of drug-likeness (QED) is 0.870. The van der Waals surface area contributed by atoms with Gasteiger partial charge in [-0.2, -0.15) is 0 Å². The third-order valence-electron chi connectivity index (χ3n) is 4.09. The number of hydrogen-bond acceptors (Lipinski definition) is 3. The second-order valence-corrected chi connectivity index (χ2v) is 5.90. The van der Waals surface area contributed by atoms with Crippen LogP contribution in [0.4, 0.5) is 8.78 Å². The Balaban J connectivity index is 2.05. The minimum absolute atomic E-state index is 0.00503. The number of halogens is 2. The number of nitrogens with one attached hydrogen (secondary N) is 2. The van der Waals surface area contributed by atoms with E-state index in [4.69, 9.17) is 0 Å². The SMILES string of the molecule is CN(C)C(CNC(=O)C1CCCNC1)c1c(F)cccc1F. The number of amides is 1. The van der Waals surface area contributed by atoms with E-state index >= 15 is 0 Å². The zero-order chi connectivity index (χ0) is 16.1. The maximum atomic E-state index is 14.0. The van der Waals surface area contributed by atoms with Gasteiger partial charge in [0.2, 0.25) is 5.91 Å². The van der Waals surface area contributed by atoms with Crippen molar-refractivity contribution in [1.29, 1.82) is 0 Å². The summed E-state index contributed by atoms with van der Waals surface area (Å²) >= 11 is 0. The molecule has 1 aliphatic heterocycles. The summed E-state index contributed by atoms with van der Waals surface area (Å²) in [6, 6.07) is 3.28. The molecule has 0 spiro atoms. The molecule has 2 unspecified atom stereocenters. The molecule has 1 heterocycles. The Labute approximate surface area is 129 Å². The molecule has 0 aromatic heterocycles. The largest absolute Gasteiger partial charge is 0.354 e. The molecule has 1 saturated heterocycles. The molecule has 1 aromatic carbocycles. The van der Waals surface area contributed by atoms with E-state index in [0.29, 0.717) is 6.54 Å². The van der Waals surface area contributed by atoms with E-state index in [1.54, 1.807) is 19.0 Å². The Hall–Kier alpha value is -1.53. The lowest BCUT2D eigenvalue weighted by Crippen LogP contribution is -2.43. The van der Waals surface area contributed by atoms with Gasteiger partial charge in [-0.05, 0) is 45.6 Å². The van der Waals surface area contributed by atoms with Gasteiger partial charge >= 0.3 is 0 Å². The Morgan fingerprint density at radius 1 is 1.41 bits per heavy atom. The van der Waals surface area contributed by atoms with E-state index in [-0.39, 0.29) is 23.9 Å². The molecule has 122 valence electrons. The van der Waals surface area contributed by atoms with E-state index in [1.807, 2.05) is 0 Å². The summed E-state index contributed by atoms with van der Waals surface area (Å²) in [5, 5.41) is 6.02. The summed E-state index contributed by atoms with van der Waals surface area (Å²) in [4.78, 5) is 13.9. The van der Waals surface area contributed by atoms with Crippen molar-refractivity contribution in [1.82, 2.24) is 15.5 Å². The fourth-order valence-corrected chi connectivity index (χ4v) is 2.79. The molecule has 0 aliphatic carbocycles. The van der Waals surface area contributed by atoms with E-state index in [1.165, 1.54) is 18.2 Å². The van der Waals surface area contributed by atoms with Crippen molar-refractivity contribution in [3.63, 3.8) is 0 Å². The van der Waals surface area contributed by atoms with E-state index in [0.717, 1.165) is 19.4 Å². The normalized spacial score (nSPS) is 20.0. The highest BCUT2D eigenvalue weighted by atomic mass is 19.1. The van der Waals surface area contributed by atoms with E-state index in [9.17, 15) is 13.6 Å². The van der Waals surface area contributed by atoms with Gasteiger partial charge < -0.3 is 15.5 Å². The molecule has 6 heteroatoms. The van der Waals surface area contributed by atoms with Gasteiger partial charge in [0.1, 0.15) is 11.6 Å². The van der Waals surface area contributed by atoms with Crippen LogP contribution in [0.15, 0.2) is 18.2 Å². The third kappa shape index (κ3) is 4.01. The van der Waals surface area contributed by atoms with Gasteiger partial charge in [-0.1, -0.05) is 6.07 Å². The number of hydrogen-bond donors (Lipinski definition) is 2. The summed E-state index contributed by atoms with van der Waals surface area (Å²) in [5.41, 5.74) is -0.00503. The van der Waals surface area contributed by atoms with Gasteiger partial charge in [-0.15, -0.1) is 0 Å². The Bertz CT molecular complexity index is 496. The number of nitrogens with zero attached hydrogens (tertiary/aromatic N) is 1. The number of carbonyl (C=O) groups excluding carboxylic acids is 1. The van der Waals surface area contributed by atoms with E-state index in [2.05, 4.69) is 10.6 Å². The van der Waals surface area contributed by atoms with E-state index < -0.39 is 17.7 Å². The van der Waals surface area contributed by atoms with Crippen LogP contribution in [-0.2, 0) is 4.79 Å². The Morgan fingerprint density at radius 3 is 2.64 bits per heavy atom. The maximum absolute atomic E-state index is 14.0. The average Bonchev–Trinajstić information content (AvgIpc) is 2.50. The van der Waals surface area contributed by atoms with Gasteiger partial charge in [0.25, 0.3) is 0 Å². The smallest absolute Gasteiger partial charge is 0.224 e. The Morgan fingerprint density at radius 2 is 2.09 bits per heavy atom. The first kappa shape index (κ1) is 16.8. The van der Waals surface area contributed by atoms with Crippen molar-refractivity contribution < 1.29 is 13.6 Å². The van der Waals surface area contributed by atoms with Crippen molar-refractivity contribution in [2.75, 3.05) is 33.7 Å². The molecule has 2 N–H and O–H groups in total. The lowest BCUT2D eigenvalue weighted by atomic mass is 9.98. The number of carbonyl (C=O) groups is 1. The second kappa shape index (κ2) is 7.65. The van der Waals surface area contributed by atoms with Crippen molar-refractivity contribution >= 4 is 5.91 Å². The monoisotopic (exact) mass is 311 g/mol. The molecule has 1 fully saturated rings.